The molecule has 2 aromatic rings. The molecule has 0 spiro atoms. The average molecular weight is 337 g/mol. The van der Waals surface area contributed by atoms with Crippen molar-refractivity contribution in [1.82, 2.24) is 5.32 Å². The van der Waals surface area contributed by atoms with Crippen molar-refractivity contribution < 1.29 is 13.6 Å². The van der Waals surface area contributed by atoms with Gasteiger partial charge in [0.25, 0.3) is 5.91 Å². The molecule has 0 fully saturated rings. The van der Waals surface area contributed by atoms with Gasteiger partial charge in [-0.1, -0.05) is 20.8 Å². The Morgan fingerprint density at radius 2 is 1.83 bits per heavy atom. The highest BCUT2D eigenvalue weighted by Crippen LogP contribution is 2.35. The Morgan fingerprint density at radius 1 is 1.22 bits per heavy atom. The molecule has 23 heavy (non-hydrogen) atoms. The van der Waals surface area contributed by atoms with Crippen LogP contribution in [0.1, 0.15) is 41.6 Å². The van der Waals surface area contributed by atoms with Gasteiger partial charge in [0.2, 0.25) is 0 Å². The normalized spacial score (nSPS) is 13.9. The van der Waals surface area contributed by atoms with Gasteiger partial charge < -0.3 is 5.32 Å². The van der Waals surface area contributed by atoms with Gasteiger partial charge >= 0.3 is 0 Å². The van der Waals surface area contributed by atoms with E-state index in [1.807, 2.05) is 6.92 Å². The lowest BCUT2D eigenvalue weighted by Gasteiger charge is -2.33. The zero-order valence-corrected chi connectivity index (χ0v) is 14.6. The number of amides is 1. The molecule has 0 saturated heterocycles. The molecule has 0 aliphatic carbocycles. The molecule has 0 bridgehead atoms. The van der Waals surface area contributed by atoms with E-state index in [4.69, 9.17) is 0 Å². The van der Waals surface area contributed by atoms with Gasteiger partial charge in [-0.25, -0.2) is 8.78 Å². The Kier molecular flexibility index (Phi) is 5.19. The van der Waals surface area contributed by atoms with E-state index in [9.17, 15) is 13.6 Å². The third-order valence-corrected chi connectivity index (χ3v) is 5.64. The van der Waals surface area contributed by atoms with E-state index in [0.717, 1.165) is 18.2 Å². The fourth-order valence-corrected chi connectivity index (χ4v) is 3.57. The van der Waals surface area contributed by atoms with Gasteiger partial charge in [-0.15, -0.1) is 11.3 Å². The summed E-state index contributed by atoms with van der Waals surface area (Å²) in [5.41, 5.74) is 0.951. The van der Waals surface area contributed by atoms with Crippen LogP contribution in [0.4, 0.5) is 8.78 Å². The quantitative estimate of drug-likeness (QED) is 0.843. The highest BCUT2D eigenvalue weighted by atomic mass is 32.1. The number of halogens is 2. The monoisotopic (exact) mass is 337 g/mol. The fraction of sp³-hybridized carbons (Fsp3) is 0.389. The van der Waals surface area contributed by atoms with Gasteiger partial charge in [-0.05, 0) is 42.0 Å². The highest BCUT2D eigenvalue weighted by Gasteiger charge is 2.32. The first-order valence-electron chi connectivity index (χ1n) is 7.52. The van der Waals surface area contributed by atoms with Crippen LogP contribution in [0.5, 0.6) is 0 Å². The zero-order chi connectivity index (χ0) is 17.2. The summed E-state index contributed by atoms with van der Waals surface area (Å²) in [7, 11) is 0. The maximum absolute atomic E-state index is 13.2. The number of nitrogens with one attached hydrogen (secondary N) is 1. The Hall–Kier alpha value is -1.75. The Labute approximate surface area is 139 Å². The van der Waals surface area contributed by atoms with Gasteiger partial charge in [0.1, 0.15) is 11.6 Å². The molecule has 1 heterocycles. The molecule has 1 aromatic heterocycles. The van der Waals surface area contributed by atoms with Crippen molar-refractivity contribution in [2.24, 2.45) is 5.92 Å². The molecule has 0 radical (unpaired) electrons. The first kappa shape index (κ1) is 17.6. The van der Waals surface area contributed by atoms with Crippen molar-refractivity contribution in [3.8, 4) is 0 Å². The Bertz CT molecular complexity index is 691. The third kappa shape index (κ3) is 3.96. The van der Waals surface area contributed by atoms with Crippen LogP contribution in [-0.2, 0) is 5.41 Å². The lowest BCUT2D eigenvalue weighted by molar-refractivity contribution is 0.0938. The van der Waals surface area contributed by atoms with E-state index in [-0.39, 0.29) is 11.0 Å². The highest BCUT2D eigenvalue weighted by molar-refractivity contribution is 7.10. The minimum absolute atomic E-state index is 0.00373. The molecule has 0 saturated carbocycles. The molecule has 2 rings (SSSR count). The van der Waals surface area contributed by atoms with Gasteiger partial charge in [0.05, 0.1) is 0 Å². The third-order valence-electron chi connectivity index (χ3n) is 4.31. The maximum Gasteiger partial charge on any atom is 0.251 e. The second kappa shape index (κ2) is 6.79. The number of benzene rings is 1. The molecule has 1 N–H and O–H groups in total. The minimum Gasteiger partial charge on any atom is -0.351 e. The molecule has 1 aromatic carbocycles. The summed E-state index contributed by atoms with van der Waals surface area (Å²) >= 11 is 1.67. The molecular weight excluding hydrogens is 316 g/mol. The first-order chi connectivity index (χ1) is 10.7. The van der Waals surface area contributed by atoms with E-state index in [2.05, 4.69) is 37.5 Å². The van der Waals surface area contributed by atoms with Gasteiger partial charge in [0.15, 0.2) is 0 Å². The number of thiophene rings is 1. The average Bonchev–Trinajstić information content (AvgIpc) is 2.90. The van der Waals surface area contributed by atoms with E-state index < -0.39 is 17.5 Å². The second-order valence-electron chi connectivity index (χ2n) is 6.40. The summed E-state index contributed by atoms with van der Waals surface area (Å²) < 4.78 is 26.5. The van der Waals surface area contributed by atoms with Crippen molar-refractivity contribution in [3.05, 3.63) is 57.3 Å². The molecule has 1 unspecified atom stereocenters. The van der Waals surface area contributed by atoms with Crippen molar-refractivity contribution in [2.75, 3.05) is 6.54 Å². The van der Waals surface area contributed by atoms with Gasteiger partial charge in [-0.2, -0.15) is 0 Å². The predicted octanol–water partition coefficient (Wildman–Crippen LogP) is 4.68. The summed E-state index contributed by atoms with van der Waals surface area (Å²) in [4.78, 5) is 13.4. The van der Waals surface area contributed by atoms with Crippen molar-refractivity contribution in [1.29, 1.82) is 0 Å². The number of hydrogen-bond donors (Lipinski definition) is 1. The summed E-state index contributed by atoms with van der Waals surface area (Å²) in [6, 6.07) is 4.96. The van der Waals surface area contributed by atoms with Crippen LogP contribution in [0.15, 0.2) is 29.6 Å². The molecule has 1 amide bonds. The molecule has 124 valence electrons. The summed E-state index contributed by atoms with van der Waals surface area (Å²) in [5.74, 6) is -1.68. The van der Waals surface area contributed by atoms with E-state index in [1.165, 1.54) is 10.4 Å². The lowest BCUT2D eigenvalue weighted by Crippen LogP contribution is -2.41. The molecular formula is C18H21F2NOS. The van der Waals surface area contributed by atoms with E-state index in [0.29, 0.717) is 12.5 Å². The molecule has 1 atom stereocenters. The maximum atomic E-state index is 13.2. The number of rotatable bonds is 5. The van der Waals surface area contributed by atoms with Crippen LogP contribution in [0, 0.1) is 24.5 Å². The largest absolute Gasteiger partial charge is 0.351 e. The number of carbonyl (C=O) groups excluding carboxylic acids is 1. The smallest absolute Gasteiger partial charge is 0.251 e. The summed E-state index contributed by atoms with van der Waals surface area (Å²) in [6.45, 7) is 8.73. The summed E-state index contributed by atoms with van der Waals surface area (Å²) in [5, 5.41) is 4.90. The SMILES string of the molecule is Cc1csc(C(C)(CNC(=O)c2cc(F)cc(F)c2)C(C)C)c1. The standard InChI is InChI=1S/C18H21F2NOS/c1-11(2)18(4,16-5-12(3)9-23-16)10-21-17(22)13-6-14(19)8-15(20)7-13/h5-9,11H,10H2,1-4H3,(H,21,22). The van der Waals surface area contributed by atoms with Gasteiger partial charge in [-0.3, -0.25) is 4.79 Å². The first-order valence-corrected chi connectivity index (χ1v) is 8.40. The molecule has 0 aliphatic heterocycles. The summed E-state index contributed by atoms with van der Waals surface area (Å²) in [6.07, 6.45) is 0. The van der Waals surface area contributed by atoms with E-state index in [1.54, 1.807) is 11.3 Å². The minimum atomic E-state index is -0.754. The fourth-order valence-electron chi connectivity index (χ4n) is 2.36. The zero-order valence-electron chi connectivity index (χ0n) is 13.7. The van der Waals surface area contributed by atoms with Crippen molar-refractivity contribution >= 4 is 17.2 Å². The second-order valence-corrected chi connectivity index (χ2v) is 7.31. The van der Waals surface area contributed by atoms with Crippen LogP contribution in [0.2, 0.25) is 0 Å². The van der Waals surface area contributed by atoms with Gasteiger partial charge in [0, 0.05) is 28.5 Å². The van der Waals surface area contributed by atoms with Crippen molar-refractivity contribution in [3.63, 3.8) is 0 Å². The number of carbonyl (C=O) groups is 1. The van der Waals surface area contributed by atoms with E-state index >= 15 is 0 Å². The predicted molar refractivity (Wildman–Crippen MR) is 89.9 cm³/mol. The number of aryl methyl sites for hydroxylation is 1. The topological polar surface area (TPSA) is 29.1 Å². The molecule has 0 aliphatic rings. The lowest BCUT2D eigenvalue weighted by atomic mass is 9.77. The van der Waals surface area contributed by atoms with Crippen LogP contribution in [-0.4, -0.2) is 12.5 Å². The molecule has 2 nitrogen and oxygen atoms in total. The van der Waals surface area contributed by atoms with Crippen LogP contribution in [0.3, 0.4) is 0 Å². The van der Waals surface area contributed by atoms with Crippen molar-refractivity contribution in [2.45, 2.75) is 33.1 Å². The number of hydrogen-bond acceptors (Lipinski definition) is 2. The van der Waals surface area contributed by atoms with Crippen LogP contribution < -0.4 is 5.32 Å². The van der Waals surface area contributed by atoms with Crippen LogP contribution >= 0.6 is 11.3 Å². The Balaban J connectivity index is 2.17. The van der Waals surface area contributed by atoms with Crippen LogP contribution in [0.25, 0.3) is 0 Å². The Morgan fingerprint density at radius 3 is 2.30 bits per heavy atom. The molecule has 5 heteroatoms.